The molecule has 21 heavy (non-hydrogen) atoms. The van der Waals surface area contributed by atoms with Gasteiger partial charge >= 0.3 is 0 Å². The van der Waals surface area contributed by atoms with Gasteiger partial charge in [0.15, 0.2) is 0 Å². The first-order valence-electron chi connectivity index (χ1n) is 7.81. The van der Waals surface area contributed by atoms with Gasteiger partial charge in [0.05, 0.1) is 12.6 Å². The van der Waals surface area contributed by atoms with Crippen molar-refractivity contribution in [2.45, 2.75) is 45.6 Å². The number of halogens is 1. The molecule has 0 spiro atoms. The maximum Gasteiger partial charge on any atom is 0.146 e. The van der Waals surface area contributed by atoms with Crippen LogP contribution in [0.15, 0.2) is 18.2 Å². The predicted octanol–water partition coefficient (Wildman–Crippen LogP) is 4.41. The Balaban J connectivity index is 2.07. The second-order valence-corrected chi connectivity index (χ2v) is 6.47. The number of ether oxygens (including phenoxy) is 1. The van der Waals surface area contributed by atoms with Crippen LogP contribution >= 0.6 is 11.6 Å². The van der Waals surface area contributed by atoms with Gasteiger partial charge in [-0.2, -0.15) is 0 Å². The van der Waals surface area contributed by atoms with E-state index >= 15 is 0 Å². The lowest BCUT2D eigenvalue weighted by Crippen LogP contribution is -2.34. The van der Waals surface area contributed by atoms with Gasteiger partial charge in [0, 0.05) is 18.8 Å². The summed E-state index contributed by atoms with van der Waals surface area (Å²) in [4.78, 5) is 4.80. The van der Waals surface area contributed by atoms with E-state index in [9.17, 15) is 0 Å². The molecule has 0 aliphatic heterocycles. The number of para-hydroxylation sites is 1. The monoisotopic (exact) mass is 306 g/mol. The zero-order valence-corrected chi connectivity index (χ0v) is 13.6. The lowest BCUT2D eigenvalue weighted by atomic mass is 9.67. The summed E-state index contributed by atoms with van der Waals surface area (Å²) in [6.45, 7) is 3.36. The molecule has 4 heteroatoms. The summed E-state index contributed by atoms with van der Waals surface area (Å²) in [5.41, 5.74) is 2.59. The van der Waals surface area contributed by atoms with Crippen LogP contribution in [0.3, 0.4) is 0 Å². The summed E-state index contributed by atoms with van der Waals surface area (Å²) in [7, 11) is 1.70. The van der Waals surface area contributed by atoms with Crippen molar-refractivity contribution in [3.05, 3.63) is 24.0 Å². The Labute approximate surface area is 131 Å². The Morgan fingerprint density at radius 1 is 1.38 bits per heavy atom. The minimum Gasteiger partial charge on any atom is -0.494 e. The molecule has 3 nitrogen and oxygen atoms in total. The quantitative estimate of drug-likeness (QED) is 0.739. The highest BCUT2D eigenvalue weighted by Crippen LogP contribution is 2.46. The molecule has 0 amide bonds. The number of hydrogen-bond donors (Lipinski definition) is 0. The zero-order chi connectivity index (χ0) is 14.9. The molecule has 114 valence electrons. The number of nitrogens with zero attached hydrogens (tertiary/aromatic N) is 2. The lowest BCUT2D eigenvalue weighted by molar-refractivity contribution is 0.101. The van der Waals surface area contributed by atoms with E-state index in [1.165, 1.54) is 31.2 Å². The molecular formula is C17H23ClN2O. The van der Waals surface area contributed by atoms with Crippen molar-refractivity contribution in [1.82, 2.24) is 9.55 Å². The number of hydrogen-bond acceptors (Lipinski definition) is 2. The van der Waals surface area contributed by atoms with Crippen LogP contribution in [-0.2, 0) is 13.0 Å². The number of imidazole rings is 1. The van der Waals surface area contributed by atoms with E-state index in [0.717, 1.165) is 30.1 Å². The van der Waals surface area contributed by atoms with E-state index in [1.807, 2.05) is 12.1 Å². The number of benzene rings is 1. The molecule has 1 aromatic heterocycles. The normalized spacial score (nSPS) is 16.9. The van der Waals surface area contributed by atoms with E-state index in [-0.39, 0.29) is 0 Å². The van der Waals surface area contributed by atoms with Crippen molar-refractivity contribution < 1.29 is 4.74 Å². The number of methoxy groups -OCH3 is 1. The summed E-state index contributed by atoms with van der Waals surface area (Å²) in [5, 5.41) is 0. The highest BCUT2D eigenvalue weighted by molar-refractivity contribution is 6.17. The van der Waals surface area contributed by atoms with Crippen molar-refractivity contribution in [2.24, 2.45) is 5.41 Å². The standard InChI is InChI=1S/C17H23ClN2O/c1-3-17(9-5-10-17)12-20-13-6-4-7-14(21-2)16(13)19-15(20)8-11-18/h4,6-7H,3,5,8-12H2,1-2H3. The van der Waals surface area contributed by atoms with Gasteiger partial charge in [0.1, 0.15) is 17.1 Å². The minimum atomic E-state index is 0.456. The largest absolute Gasteiger partial charge is 0.494 e. The third-order valence-corrected chi connectivity index (χ3v) is 5.21. The molecule has 0 N–H and O–H groups in total. The predicted molar refractivity (Wildman–Crippen MR) is 87.3 cm³/mol. The molecule has 1 aliphatic rings. The van der Waals surface area contributed by atoms with Gasteiger partial charge < -0.3 is 9.30 Å². The van der Waals surface area contributed by atoms with Gasteiger partial charge in [-0.15, -0.1) is 11.6 Å². The van der Waals surface area contributed by atoms with Crippen molar-refractivity contribution >= 4 is 22.6 Å². The summed E-state index contributed by atoms with van der Waals surface area (Å²) < 4.78 is 7.84. The number of alkyl halides is 1. The fourth-order valence-corrected chi connectivity index (χ4v) is 3.59. The first kappa shape index (κ1) is 14.7. The van der Waals surface area contributed by atoms with Gasteiger partial charge in [-0.25, -0.2) is 4.98 Å². The van der Waals surface area contributed by atoms with Crippen molar-refractivity contribution in [3.63, 3.8) is 0 Å². The fraction of sp³-hybridized carbons (Fsp3) is 0.588. The van der Waals surface area contributed by atoms with Crippen LogP contribution in [0.1, 0.15) is 38.4 Å². The molecule has 0 radical (unpaired) electrons. The Kier molecular flexibility index (Phi) is 4.12. The van der Waals surface area contributed by atoms with E-state index in [4.69, 9.17) is 21.3 Å². The van der Waals surface area contributed by atoms with Crippen LogP contribution in [0.2, 0.25) is 0 Å². The molecule has 3 rings (SSSR count). The molecular weight excluding hydrogens is 284 g/mol. The van der Waals surface area contributed by atoms with Crippen LogP contribution in [0.5, 0.6) is 5.75 Å². The Bertz CT molecular complexity index is 625. The Hall–Kier alpha value is -1.22. The zero-order valence-electron chi connectivity index (χ0n) is 12.9. The molecule has 1 saturated carbocycles. The van der Waals surface area contributed by atoms with Crippen LogP contribution in [0.4, 0.5) is 0 Å². The molecule has 1 fully saturated rings. The number of fused-ring (bicyclic) bond motifs is 1. The molecule has 0 unspecified atom stereocenters. The first-order valence-corrected chi connectivity index (χ1v) is 8.34. The molecule has 1 aliphatic carbocycles. The summed E-state index contributed by atoms with van der Waals surface area (Å²) in [6, 6.07) is 6.16. The number of aromatic nitrogens is 2. The van der Waals surface area contributed by atoms with Crippen LogP contribution < -0.4 is 4.74 Å². The highest BCUT2D eigenvalue weighted by Gasteiger charge is 2.36. The Morgan fingerprint density at radius 3 is 2.76 bits per heavy atom. The van der Waals surface area contributed by atoms with Crippen LogP contribution in [0, 0.1) is 5.41 Å². The third kappa shape index (κ3) is 2.52. The average molecular weight is 307 g/mol. The van der Waals surface area contributed by atoms with Crippen LogP contribution in [-0.4, -0.2) is 22.5 Å². The van der Waals surface area contributed by atoms with E-state index in [2.05, 4.69) is 17.6 Å². The van der Waals surface area contributed by atoms with Gasteiger partial charge in [0.2, 0.25) is 0 Å². The van der Waals surface area contributed by atoms with Crippen LogP contribution in [0.25, 0.3) is 11.0 Å². The van der Waals surface area contributed by atoms with E-state index in [0.29, 0.717) is 11.3 Å². The van der Waals surface area contributed by atoms with Gasteiger partial charge in [-0.1, -0.05) is 19.4 Å². The van der Waals surface area contributed by atoms with Crippen molar-refractivity contribution in [2.75, 3.05) is 13.0 Å². The van der Waals surface area contributed by atoms with Crippen molar-refractivity contribution in [3.8, 4) is 5.75 Å². The maximum atomic E-state index is 5.98. The highest BCUT2D eigenvalue weighted by atomic mass is 35.5. The van der Waals surface area contributed by atoms with Gasteiger partial charge in [-0.3, -0.25) is 0 Å². The summed E-state index contributed by atoms with van der Waals surface area (Å²) in [5.74, 6) is 2.54. The topological polar surface area (TPSA) is 27.1 Å². The average Bonchev–Trinajstić information content (AvgIpc) is 2.80. The summed E-state index contributed by atoms with van der Waals surface area (Å²) >= 11 is 5.98. The lowest BCUT2D eigenvalue weighted by Gasteiger charge is -2.42. The smallest absolute Gasteiger partial charge is 0.146 e. The second-order valence-electron chi connectivity index (χ2n) is 6.09. The molecule has 0 atom stereocenters. The van der Waals surface area contributed by atoms with E-state index in [1.54, 1.807) is 7.11 Å². The second kappa shape index (κ2) is 5.88. The summed E-state index contributed by atoms with van der Waals surface area (Å²) in [6.07, 6.45) is 6.05. The van der Waals surface area contributed by atoms with Gasteiger partial charge in [-0.05, 0) is 36.8 Å². The third-order valence-electron chi connectivity index (χ3n) is 5.02. The molecule has 0 saturated heterocycles. The Morgan fingerprint density at radius 2 is 2.19 bits per heavy atom. The van der Waals surface area contributed by atoms with E-state index < -0.39 is 0 Å². The SMILES string of the molecule is CCC1(Cn2c(CCCl)nc3c(OC)cccc32)CCC1. The molecule has 0 bridgehead atoms. The fourth-order valence-electron chi connectivity index (χ4n) is 3.42. The molecule has 2 aromatic rings. The molecule has 1 heterocycles. The molecule has 1 aromatic carbocycles. The number of aryl methyl sites for hydroxylation is 1. The maximum absolute atomic E-state index is 5.98. The number of rotatable bonds is 6. The minimum absolute atomic E-state index is 0.456. The van der Waals surface area contributed by atoms with Crippen molar-refractivity contribution in [1.29, 1.82) is 0 Å². The van der Waals surface area contributed by atoms with Gasteiger partial charge in [0.25, 0.3) is 0 Å². The first-order chi connectivity index (χ1) is 10.2.